The lowest BCUT2D eigenvalue weighted by molar-refractivity contribution is 0.123. The molecule has 1 unspecified atom stereocenters. The minimum absolute atomic E-state index is 0.227. The third kappa shape index (κ3) is 3.65. The number of hydrogen-bond acceptors (Lipinski definition) is 4. The summed E-state index contributed by atoms with van der Waals surface area (Å²) in [5.41, 5.74) is 9.98. The zero-order valence-corrected chi connectivity index (χ0v) is 15.5. The fourth-order valence-electron chi connectivity index (χ4n) is 3.07. The maximum Gasteiger partial charge on any atom is 0.140 e. The first-order chi connectivity index (χ1) is 12.7. The van der Waals surface area contributed by atoms with Crippen molar-refractivity contribution < 1.29 is 4.74 Å². The van der Waals surface area contributed by atoms with E-state index in [1.807, 2.05) is 18.5 Å². The molecule has 2 aromatic heterocycles. The first-order valence-corrected chi connectivity index (χ1v) is 9.11. The summed E-state index contributed by atoms with van der Waals surface area (Å²) < 4.78 is 5.49. The van der Waals surface area contributed by atoms with Gasteiger partial charge in [-0.05, 0) is 18.6 Å². The average Bonchev–Trinajstić information content (AvgIpc) is 3.11. The second-order valence-electron chi connectivity index (χ2n) is 6.49. The number of allylic oxidation sites excluding steroid dienone is 2. The maximum absolute atomic E-state index is 6.21. The second-order valence-corrected chi connectivity index (χ2v) is 6.49. The number of aromatic amines is 1. The van der Waals surface area contributed by atoms with Gasteiger partial charge in [-0.25, -0.2) is 9.98 Å². The minimum Gasteiger partial charge on any atom is -0.387 e. The van der Waals surface area contributed by atoms with Gasteiger partial charge in [-0.3, -0.25) is 0 Å². The number of anilines is 1. The molecule has 3 heterocycles. The van der Waals surface area contributed by atoms with E-state index in [1.165, 1.54) is 0 Å². The van der Waals surface area contributed by atoms with Crippen LogP contribution in [0, 0.1) is 5.92 Å². The van der Waals surface area contributed by atoms with Gasteiger partial charge in [0.25, 0.3) is 0 Å². The van der Waals surface area contributed by atoms with Crippen LogP contribution in [0.4, 0.5) is 5.69 Å². The van der Waals surface area contributed by atoms with Gasteiger partial charge in [0, 0.05) is 37.0 Å². The summed E-state index contributed by atoms with van der Waals surface area (Å²) in [6.07, 6.45) is 8.37. The highest BCUT2D eigenvalue weighted by molar-refractivity contribution is 6.01. The minimum atomic E-state index is 0.227. The van der Waals surface area contributed by atoms with Crippen LogP contribution in [0.15, 0.2) is 42.2 Å². The average molecular weight is 353 g/mol. The largest absolute Gasteiger partial charge is 0.387 e. The fraction of sp³-hybridized carbons (Fsp3) is 0.400. The summed E-state index contributed by atoms with van der Waals surface area (Å²) in [4.78, 5) is 14.8. The monoisotopic (exact) mass is 353 g/mol. The summed E-state index contributed by atoms with van der Waals surface area (Å²) >= 11 is 0. The molecule has 0 radical (unpaired) electrons. The van der Waals surface area contributed by atoms with Crippen LogP contribution in [0.25, 0.3) is 16.7 Å². The molecule has 0 saturated carbocycles. The molecule has 3 rings (SSSR count). The lowest BCUT2D eigenvalue weighted by Gasteiger charge is -2.29. The number of aromatic nitrogens is 2. The van der Waals surface area contributed by atoms with Crippen molar-refractivity contribution in [2.24, 2.45) is 16.6 Å². The molecule has 1 aliphatic heterocycles. The zero-order chi connectivity index (χ0) is 18.5. The van der Waals surface area contributed by atoms with Crippen molar-refractivity contribution in [2.45, 2.75) is 20.3 Å². The molecule has 6 nitrogen and oxygen atoms in total. The van der Waals surface area contributed by atoms with Crippen LogP contribution in [0.2, 0.25) is 0 Å². The van der Waals surface area contributed by atoms with Gasteiger partial charge >= 0.3 is 0 Å². The summed E-state index contributed by atoms with van der Waals surface area (Å²) in [7, 11) is 0. The van der Waals surface area contributed by atoms with E-state index >= 15 is 0 Å². The number of fused-ring (bicyclic) bond motifs is 1. The Labute approximate surface area is 154 Å². The number of aliphatic imine (C=N–C) groups is 1. The van der Waals surface area contributed by atoms with Gasteiger partial charge in [-0.2, -0.15) is 0 Å². The number of morpholine rings is 1. The lowest BCUT2D eigenvalue weighted by Crippen LogP contribution is -2.36. The topological polar surface area (TPSA) is 79.5 Å². The highest BCUT2D eigenvalue weighted by Gasteiger charge is 2.19. The van der Waals surface area contributed by atoms with Crippen LogP contribution < -0.4 is 10.6 Å². The molecule has 0 amide bonds. The maximum atomic E-state index is 6.21. The van der Waals surface area contributed by atoms with Crippen molar-refractivity contribution in [3.05, 3.63) is 42.8 Å². The molecule has 0 aromatic carbocycles. The van der Waals surface area contributed by atoms with Gasteiger partial charge in [-0.15, -0.1) is 0 Å². The molecule has 6 heteroatoms. The molecule has 1 aliphatic rings. The predicted molar refractivity (Wildman–Crippen MR) is 108 cm³/mol. The van der Waals surface area contributed by atoms with E-state index in [2.05, 4.69) is 41.4 Å². The number of rotatable bonds is 6. The van der Waals surface area contributed by atoms with Crippen molar-refractivity contribution in [1.29, 1.82) is 0 Å². The Morgan fingerprint density at radius 2 is 2.27 bits per heavy atom. The van der Waals surface area contributed by atoms with Crippen LogP contribution in [-0.4, -0.2) is 42.1 Å². The van der Waals surface area contributed by atoms with Gasteiger partial charge in [0.2, 0.25) is 0 Å². The van der Waals surface area contributed by atoms with Crippen molar-refractivity contribution in [1.82, 2.24) is 9.97 Å². The normalized spacial score (nSPS) is 17.5. The van der Waals surface area contributed by atoms with E-state index < -0.39 is 0 Å². The second kappa shape index (κ2) is 8.19. The van der Waals surface area contributed by atoms with E-state index in [9.17, 15) is 0 Å². The molecular formula is C20H27N5O. The Kier molecular flexibility index (Phi) is 5.73. The van der Waals surface area contributed by atoms with Gasteiger partial charge in [0.15, 0.2) is 0 Å². The number of nitrogens with zero attached hydrogens (tertiary/aromatic N) is 3. The Balaban J connectivity index is 2.11. The lowest BCUT2D eigenvalue weighted by atomic mass is 10.1. The highest BCUT2D eigenvalue weighted by atomic mass is 16.5. The predicted octanol–water partition coefficient (Wildman–Crippen LogP) is 3.33. The van der Waals surface area contributed by atoms with E-state index in [-0.39, 0.29) is 5.92 Å². The molecular weight excluding hydrogens is 326 g/mol. The Morgan fingerprint density at radius 1 is 1.50 bits per heavy atom. The number of pyridine rings is 1. The molecule has 26 heavy (non-hydrogen) atoms. The molecule has 3 N–H and O–H groups in total. The van der Waals surface area contributed by atoms with E-state index in [1.54, 1.807) is 6.08 Å². The van der Waals surface area contributed by atoms with Crippen LogP contribution in [-0.2, 0) is 4.74 Å². The fourth-order valence-corrected chi connectivity index (χ4v) is 3.07. The summed E-state index contributed by atoms with van der Waals surface area (Å²) in [6.45, 7) is 11.2. The van der Waals surface area contributed by atoms with Crippen LogP contribution in [0.5, 0.6) is 0 Å². The zero-order valence-electron chi connectivity index (χ0n) is 15.5. The van der Waals surface area contributed by atoms with Crippen molar-refractivity contribution in [3.8, 4) is 0 Å². The van der Waals surface area contributed by atoms with Crippen LogP contribution >= 0.6 is 0 Å². The summed E-state index contributed by atoms with van der Waals surface area (Å²) in [5.74, 6) is 0.858. The number of amidine groups is 1. The third-order valence-electron chi connectivity index (χ3n) is 4.82. The molecule has 1 saturated heterocycles. The van der Waals surface area contributed by atoms with Crippen molar-refractivity contribution in [2.75, 3.05) is 31.2 Å². The Bertz CT molecular complexity index is 830. The standard InChI is InChI=1S/C20H27N5O/c1-4-6-16(24-19(21)14(3)5-2)15-13-23-20-18(15)17(7-8-22-20)25-9-11-26-12-10-25/h4,6-8,13-14H,1,5,9-12H2,2-3H3,(H2,21,24)(H,22,23)/b16-6-. The summed E-state index contributed by atoms with van der Waals surface area (Å²) in [5, 5.41) is 1.06. The quantitative estimate of drug-likeness (QED) is 0.474. The van der Waals surface area contributed by atoms with Crippen LogP contribution in [0.3, 0.4) is 0 Å². The number of nitrogens with one attached hydrogen (secondary N) is 1. The first kappa shape index (κ1) is 18.2. The molecule has 138 valence electrons. The van der Waals surface area contributed by atoms with Crippen molar-refractivity contribution in [3.63, 3.8) is 0 Å². The third-order valence-corrected chi connectivity index (χ3v) is 4.82. The molecule has 0 spiro atoms. The number of H-pyrrole nitrogens is 1. The number of nitrogens with two attached hydrogens (primary N) is 1. The molecule has 0 aliphatic carbocycles. The molecule has 1 atom stereocenters. The van der Waals surface area contributed by atoms with Crippen molar-refractivity contribution >= 4 is 28.3 Å². The molecule has 1 fully saturated rings. The Morgan fingerprint density at radius 3 is 2.96 bits per heavy atom. The van der Waals surface area contributed by atoms with Gasteiger partial charge in [0.05, 0.1) is 30.0 Å². The number of ether oxygens (including phenoxy) is 1. The van der Waals surface area contributed by atoms with Crippen LogP contribution in [0.1, 0.15) is 25.8 Å². The van der Waals surface area contributed by atoms with Gasteiger partial charge < -0.3 is 20.4 Å². The summed E-state index contributed by atoms with van der Waals surface area (Å²) in [6, 6.07) is 2.05. The SMILES string of the molecule is C=C/C=C(\N=C(N)C(C)CC)c1c[nH]c2nccc(N3CCOCC3)c12. The van der Waals surface area contributed by atoms with E-state index in [0.717, 1.165) is 60.7 Å². The highest BCUT2D eigenvalue weighted by Crippen LogP contribution is 2.33. The smallest absolute Gasteiger partial charge is 0.140 e. The van der Waals surface area contributed by atoms with E-state index in [4.69, 9.17) is 15.5 Å². The van der Waals surface area contributed by atoms with Gasteiger partial charge in [-0.1, -0.05) is 26.5 Å². The first-order valence-electron chi connectivity index (χ1n) is 9.11. The van der Waals surface area contributed by atoms with E-state index in [0.29, 0.717) is 5.84 Å². The molecule has 0 bridgehead atoms. The Hall–Kier alpha value is -2.60. The molecule has 2 aromatic rings. The number of hydrogen-bond donors (Lipinski definition) is 2. The van der Waals surface area contributed by atoms with Gasteiger partial charge in [0.1, 0.15) is 11.5 Å².